The Bertz CT molecular complexity index is 613. The van der Waals surface area contributed by atoms with Crippen molar-refractivity contribution in [2.45, 2.75) is 26.4 Å². The lowest BCUT2D eigenvalue weighted by Gasteiger charge is -2.16. The molecule has 0 heterocycles. The molecule has 0 spiro atoms. The fourth-order valence-electron chi connectivity index (χ4n) is 2.07. The number of hydrogen-bond acceptors (Lipinski definition) is 2. The Morgan fingerprint density at radius 2 is 1.90 bits per heavy atom. The number of halogens is 2. The van der Waals surface area contributed by atoms with Gasteiger partial charge in [-0.3, -0.25) is 0 Å². The molecule has 0 aliphatic rings. The van der Waals surface area contributed by atoms with Gasteiger partial charge in [0.2, 0.25) is 0 Å². The predicted molar refractivity (Wildman–Crippen MR) is 74.5 cm³/mol. The smallest absolute Gasteiger partial charge is 0.127 e. The summed E-state index contributed by atoms with van der Waals surface area (Å²) in [7, 11) is 0. The summed E-state index contributed by atoms with van der Waals surface area (Å²) in [5.41, 5.74) is 2.04. The molecule has 0 fully saturated rings. The van der Waals surface area contributed by atoms with Crippen LogP contribution in [0.5, 0.6) is 5.75 Å². The first-order chi connectivity index (χ1) is 9.47. The molecule has 2 nitrogen and oxygen atoms in total. The van der Waals surface area contributed by atoms with E-state index in [0.717, 1.165) is 23.3 Å². The van der Waals surface area contributed by atoms with Crippen LogP contribution in [0.25, 0.3) is 0 Å². The fourth-order valence-corrected chi connectivity index (χ4v) is 2.07. The second-order valence-electron chi connectivity index (χ2n) is 4.90. The summed E-state index contributed by atoms with van der Waals surface area (Å²) in [5, 5.41) is 12.9. The maximum Gasteiger partial charge on any atom is 0.127 e. The molecule has 0 aromatic heterocycles. The zero-order valence-corrected chi connectivity index (χ0v) is 11.5. The van der Waals surface area contributed by atoms with Crippen LogP contribution in [-0.2, 0) is 6.54 Å². The summed E-state index contributed by atoms with van der Waals surface area (Å²) in [5.74, 6) is -0.718. The summed E-state index contributed by atoms with van der Waals surface area (Å²) in [6.07, 6.45) is 0. The third kappa shape index (κ3) is 3.33. The van der Waals surface area contributed by atoms with Gasteiger partial charge in [-0.05, 0) is 38.1 Å². The largest absolute Gasteiger partial charge is 0.508 e. The van der Waals surface area contributed by atoms with Crippen molar-refractivity contribution in [3.8, 4) is 5.75 Å². The van der Waals surface area contributed by atoms with Gasteiger partial charge in [0.05, 0.1) is 0 Å². The Balaban J connectivity index is 2.10. The number of benzene rings is 2. The molecule has 4 heteroatoms. The van der Waals surface area contributed by atoms with Crippen molar-refractivity contribution in [2.24, 2.45) is 0 Å². The highest BCUT2D eigenvalue weighted by molar-refractivity contribution is 5.37. The number of aromatic hydroxyl groups is 1. The fraction of sp³-hybridized carbons (Fsp3) is 0.250. The highest BCUT2D eigenvalue weighted by atomic mass is 19.1. The Kier molecular flexibility index (Phi) is 4.35. The third-order valence-corrected chi connectivity index (χ3v) is 3.26. The Hall–Kier alpha value is -1.94. The molecule has 0 saturated heterocycles. The average Bonchev–Trinajstić information content (AvgIpc) is 2.42. The molecular formula is C16H17F2NO. The van der Waals surface area contributed by atoms with E-state index in [1.54, 1.807) is 6.07 Å². The molecule has 2 N–H and O–H groups in total. The van der Waals surface area contributed by atoms with Gasteiger partial charge in [-0.2, -0.15) is 0 Å². The Morgan fingerprint density at radius 3 is 2.65 bits per heavy atom. The number of phenols is 1. The van der Waals surface area contributed by atoms with Crippen molar-refractivity contribution in [2.75, 3.05) is 0 Å². The molecule has 0 bridgehead atoms. The lowest BCUT2D eigenvalue weighted by atomic mass is 10.0. The van der Waals surface area contributed by atoms with E-state index >= 15 is 0 Å². The molecule has 1 atom stereocenters. The first-order valence-electron chi connectivity index (χ1n) is 6.44. The van der Waals surface area contributed by atoms with E-state index in [1.165, 1.54) is 6.07 Å². The number of rotatable bonds is 4. The first-order valence-corrected chi connectivity index (χ1v) is 6.44. The molecule has 0 amide bonds. The third-order valence-electron chi connectivity index (χ3n) is 3.26. The summed E-state index contributed by atoms with van der Waals surface area (Å²) in [4.78, 5) is 0. The second kappa shape index (κ2) is 6.01. The molecule has 106 valence electrons. The van der Waals surface area contributed by atoms with Crippen molar-refractivity contribution < 1.29 is 13.9 Å². The van der Waals surface area contributed by atoms with Gasteiger partial charge in [-0.15, -0.1) is 0 Å². The van der Waals surface area contributed by atoms with Gasteiger partial charge in [-0.1, -0.05) is 17.7 Å². The Morgan fingerprint density at radius 1 is 1.15 bits per heavy atom. The van der Waals surface area contributed by atoms with E-state index in [4.69, 9.17) is 0 Å². The van der Waals surface area contributed by atoms with Gasteiger partial charge >= 0.3 is 0 Å². The van der Waals surface area contributed by atoms with Crippen LogP contribution >= 0.6 is 0 Å². The topological polar surface area (TPSA) is 32.3 Å². The van der Waals surface area contributed by atoms with Crippen LogP contribution in [0.3, 0.4) is 0 Å². The standard InChI is InChI=1S/C16H17F2NO/c1-10-3-6-16(20)14(7-10)11(2)19-9-12-8-13(17)4-5-15(12)18/h3-8,11,19-20H,9H2,1-2H3. The molecular weight excluding hydrogens is 260 g/mol. The van der Waals surface area contributed by atoms with E-state index in [-0.39, 0.29) is 23.9 Å². The van der Waals surface area contributed by atoms with E-state index in [0.29, 0.717) is 0 Å². The quantitative estimate of drug-likeness (QED) is 0.890. The second-order valence-corrected chi connectivity index (χ2v) is 4.90. The molecule has 0 aliphatic heterocycles. The molecule has 20 heavy (non-hydrogen) atoms. The van der Waals surface area contributed by atoms with Crippen molar-refractivity contribution in [3.63, 3.8) is 0 Å². The monoisotopic (exact) mass is 277 g/mol. The normalized spacial score (nSPS) is 12.4. The molecule has 1 unspecified atom stereocenters. The summed E-state index contributed by atoms with van der Waals surface area (Å²) in [6, 6.07) is 8.52. The minimum Gasteiger partial charge on any atom is -0.508 e. The zero-order chi connectivity index (χ0) is 14.7. The molecule has 0 saturated carbocycles. The van der Waals surface area contributed by atoms with Gasteiger partial charge in [-0.25, -0.2) is 8.78 Å². The van der Waals surface area contributed by atoms with Gasteiger partial charge in [0.1, 0.15) is 17.4 Å². The van der Waals surface area contributed by atoms with Crippen LogP contribution in [-0.4, -0.2) is 5.11 Å². The SMILES string of the molecule is Cc1ccc(O)c(C(C)NCc2cc(F)ccc2F)c1. The van der Waals surface area contributed by atoms with Crippen LogP contribution < -0.4 is 5.32 Å². The minimum absolute atomic E-state index is 0.169. The summed E-state index contributed by atoms with van der Waals surface area (Å²) < 4.78 is 26.6. The van der Waals surface area contributed by atoms with Crippen LogP contribution in [0, 0.1) is 18.6 Å². The highest BCUT2D eigenvalue weighted by Crippen LogP contribution is 2.25. The van der Waals surface area contributed by atoms with Crippen LogP contribution in [0.1, 0.15) is 29.7 Å². The van der Waals surface area contributed by atoms with Gasteiger partial charge < -0.3 is 10.4 Å². The zero-order valence-electron chi connectivity index (χ0n) is 11.5. The van der Waals surface area contributed by atoms with Crippen molar-refractivity contribution in [1.29, 1.82) is 0 Å². The lowest BCUT2D eigenvalue weighted by Crippen LogP contribution is -2.19. The van der Waals surface area contributed by atoms with Crippen molar-refractivity contribution in [3.05, 3.63) is 64.7 Å². The number of nitrogens with one attached hydrogen (secondary N) is 1. The first kappa shape index (κ1) is 14.5. The van der Waals surface area contributed by atoms with Gasteiger partial charge in [0.25, 0.3) is 0 Å². The summed E-state index contributed by atoms with van der Waals surface area (Å²) in [6.45, 7) is 3.99. The maximum atomic E-state index is 13.5. The Labute approximate surface area is 117 Å². The lowest BCUT2D eigenvalue weighted by molar-refractivity contribution is 0.450. The molecule has 0 radical (unpaired) electrons. The molecule has 2 aromatic carbocycles. The summed E-state index contributed by atoms with van der Waals surface area (Å²) >= 11 is 0. The van der Waals surface area contributed by atoms with Gasteiger partial charge in [0, 0.05) is 23.7 Å². The van der Waals surface area contributed by atoms with Crippen LogP contribution in [0.15, 0.2) is 36.4 Å². The number of phenolic OH excluding ortho intramolecular Hbond substituents is 1. The predicted octanol–water partition coefficient (Wildman–Crippen LogP) is 3.83. The maximum absolute atomic E-state index is 13.5. The van der Waals surface area contributed by atoms with E-state index in [2.05, 4.69) is 5.32 Å². The van der Waals surface area contributed by atoms with E-state index in [1.807, 2.05) is 26.0 Å². The van der Waals surface area contributed by atoms with E-state index < -0.39 is 11.6 Å². The van der Waals surface area contributed by atoms with Crippen LogP contribution in [0.4, 0.5) is 8.78 Å². The van der Waals surface area contributed by atoms with E-state index in [9.17, 15) is 13.9 Å². The molecule has 2 rings (SSSR count). The van der Waals surface area contributed by atoms with Crippen LogP contribution in [0.2, 0.25) is 0 Å². The highest BCUT2D eigenvalue weighted by Gasteiger charge is 2.11. The minimum atomic E-state index is -0.464. The average molecular weight is 277 g/mol. The van der Waals surface area contributed by atoms with Gasteiger partial charge in [0.15, 0.2) is 0 Å². The number of hydrogen-bond donors (Lipinski definition) is 2. The molecule has 0 aliphatic carbocycles. The molecule has 2 aromatic rings. The van der Waals surface area contributed by atoms with Crippen molar-refractivity contribution >= 4 is 0 Å². The van der Waals surface area contributed by atoms with Crippen molar-refractivity contribution in [1.82, 2.24) is 5.32 Å². The number of aryl methyl sites for hydroxylation is 1.